The summed E-state index contributed by atoms with van der Waals surface area (Å²) in [7, 11) is 0. The Morgan fingerprint density at radius 2 is 0.621 bits per heavy atom. The zero-order valence-corrected chi connectivity index (χ0v) is 83.9. The smallest absolute Gasteiger partial charge is 0.264 e. The van der Waals surface area contributed by atoms with Crippen LogP contribution in [0.4, 0.5) is 68.2 Å². The number of thiophene rings is 2. The summed E-state index contributed by atoms with van der Waals surface area (Å²) in [4.78, 5) is 10.9. The Balaban J connectivity index is 0.673. The highest BCUT2D eigenvalue weighted by molar-refractivity contribution is 7.34. The summed E-state index contributed by atoms with van der Waals surface area (Å²) in [5.41, 5.74) is 46.5. The Labute approximate surface area is 795 Å². The molecular formula is C124H128B2N4S2. The van der Waals surface area contributed by atoms with Crippen LogP contribution >= 0.6 is 22.7 Å². The summed E-state index contributed by atoms with van der Waals surface area (Å²) in [6, 6.07) is 100. The van der Waals surface area contributed by atoms with Crippen molar-refractivity contribution >= 4 is 156 Å². The van der Waals surface area contributed by atoms with Gasteiger partial charge in [0.15, 0.2) is 0 Å². The second-order valence-electron chi connectivity index (χ2n) is 48.2. The van der Waals surface area contributed by atoms with Crippen molar-refractivity contribution in [2.75, 3.05) is 19.6 Å². The molecule has 132 heavy (non-hydrogen) atoms. The second-order valence-corrected chi connectivity index (χ2v) is 50.4. The predicted octanol–water partition coefficient (Wildman–Crippen LogP) is 31.1. The molecule has 0 radical (unpaired) electrons. The number of rotatable bonds is 9. The van der Waals surface area contributed by atoms with Gasteiger partial charge in [-0.15, -0.1) is 22.7 Å². The van der Waals surface area contributed by atoms with E-state index in [1.54, 1.807) is 0 Å². The molecular weight excluding hydrogens is 1630 g/mol. The molecule has 8 heteroatoms. The Morgan fingerprint density at radius 3 is 1.04 bits per heavy atom. The highest BCUT2D eigenvalue weighted by Gasteiger charge is 2.53. The van der Waals surface area contributed by atoms with Crippen LogP contribution < -0.4 is 51.0 Å². The van der Waals surface area contributed by atoms with Crippen molar-refractivity contribution in [3.8, 4) is 33.4 Å². The van der Waals surface area contributed by atoms with E-state index in [1.807, 2.05) is 0 Å². The second kappa shape index (κ2) is 29.1. The molecule has 0 saturated heterocycles. The molecule has 0 fully saturated rings. The first-order valence-corrected chi connectivity index (χ1v) is 50.9. The van der Waals surface area contributed by atoms with Crippen molar-refractivity contribution in [3.05, 3.63) is 321 Å². The number of nitrogens with zero attached hydrogens (tertiary/aromatic N) is 4. The molecule has 13 aromatic carbocycles. The molecule has 0 amide bonds. The highest BCUT2D eigenvalue weighted by Crippen LogP contribution is 2.60. The molecule has 0 spiro atoms. The largest absolute Gasteiger partial charge is 0.311 e. The van der Waals surface area contributed by atoms with E-state index in [1.165, 1.54) is 232 Å². The van der Waals surface area contributed by atoms with E-state index >= 15 is 0 Å². The molecule has 2 aromatic heterocycles. The van der Waals surface area contributed by atoms with Crippen LogP contribution in [0.3, 0.4) is 0 Å². The molecule has 4 aliphatic carbocycles. The maximum absolute atomic E-state index is 2.75. The molecule has 4 aliphatic heterocycles. The van der Waals surface area contributed by atoms with Gasteiger partial charge in [-0.3, -0.25) is 0 Å². The Hall–Kier alpha value is -10.9. The van der Waals surface area contributed by atoms with Gasteiger partial charge in [0, 0.05) is 86.6 Å². The average molecular weight is 1760 g/mol. The molecule has 662 valence electrons. The van der Waals surface area contributed by atoms with E-state index in [4.69, 9.17) is 0 Å². The SMILES string of the molecule is Cc1cc2c3c(c1)N(c1cccc(-c4ccc(CC5(C)CCC(C)(C)c6cc7c8c(sc7cc65)B5c6cc7c(cc6N(c6ccc(C(C)(C)C)cc6)c6cc(C)cc(c65)N8c5cc(-c6ccccc6)cc(-c6ccccc6)c5)C(C)(C)CCC7(C)C)cc4)c1)c1c(sc4cc5c(cc14)C(C)(C)CCC5(C)C)B3c1cc3c(cc1N2c1ccc(C(C)(C)C)cc1)C(C)(C)CCC3(C)C. The third-order valence-corrected chi connectivity index (χ3v) is 36.1. The maximum Gasteiger partial charge on any atom is 0.264 e. The highest BCUT2D eigenvalue weighted by atomic mass is 32.1. The molecule has 23 rings (SSSR count). The van der Waals surface area contributed by atoms with Gasteiger partial charge in [-0.2, -0.15) is 0 Å². The Kier molecular flexibility index (Phi) is 18.8. The van der Waals surface area contributed by atoms with E-state index in [2.05, 4.69) is 450 Å². The lowest BCUT2D eigenvalue weighted by molar-refractivity contribution is 0.311. The van der Waals surface area contributed by atoms with E-state index in [-0.39, 0.29) is 67.6 Å². The minimum Gasteiger partial charge on any atom is -0.311 e. The minimum absolute atomic E-state index is 0.00146. The van der Waals surface area contributed by atoms with Gasteiger partial charge >= 0.3 is 0 Å². The molecule has 1 atom stereocenters. The zero-order valence-electron chi connectivity index (χ0n) is 82.3. The lowest BCUT2D eigenvalue weighted by atomic mass is 9.35. The zero-order chi connectivity index (χ0) is 91.9. The predicted molar refractivity (Wildman–Crippen MR) is 574 cm³/mol. The van der Waals surface area contributed by atoms with E-state index < -0.39 is 0 Å². The first kappa shape index (κ1) is 85.3. The summed E-state index contributed by atoms with van der Waals surface area (Å²) in [6.45, 7) is 56.5. The van der Waals surface area contributed by atoms with Crippen LogP contribution in [0.2, 0.25) is 0 Å². The summed E-state index contributed by atoms with van der Waals surface area (Å²) >= 11 is 4.15. The fourth-order valence-corrected chi connectivity index (χ4v) is 28.0. The fourth-order valence-electron chi connectivity index (χ4n) is 25.3. The number of fused-ring (bicyclic) bond motifs is 16. The van der Waals surface area contributed by atoms with Gasteiger partial charge in [0.05, 0.1) is 11.4 Å². The molecule has 0 bridgehead atoms. The normalized spacial score (nSPS) is 19.2. The van der Waals surface area contributed by atoms with Crippen LogP contribution in [-0.2, 0) is 60.6 Å². The van der Waals surface area contributed by atoms with Gasteiger partial charge in [0.2, 0.25) is 0 Å². The quantitative estimate of drug-likeness (QED) is 0.134. The van der Waals surface area contributed by atoms with Crippen LogP contribution in [0.5, 0.6) is 0 Å². The summed E-state index contributed by atoms with van der Waals surface area (Å²) in [5, 5.41) is 2.72. The van der Waals surface area contributed by atoms with Gasteiger partial charge in [-0.1, -0.05) is 279 Å². The minimum atomic E-state index is -0.160. The van der Waals surface area contributed by atoms with Crippen molar-refractivity contribution < 1.29 is 0 Å². The van der Waals surface area contributed by atoms with E-state index in [0.717, 1.165) is 51.4 Å². The lowest BCUT2D eigenvalue weighted by Crippen LogP contribution is -2.61. The van der Waals surface area contributed by atoms with Gasteiger partial charge in [-0.05, 0) is 369 Å². The van der Waals surface area contributed by atoms with Crippen molar-refractivity contribution in [1.82, 2.24) is 0 Å². The summed E-state index contributed by atoms with van der Waals surface area (Å²) in [6.07, 6.45) is 10.0. The topological polar surface area (TPSA) is 13.0 Å². The van der Waals surface area contributed by atoms with Crippen LogP contribution in [0, 0.1) is 13.8 Å². The van der Waals surface area contributed by atoms with Gasteiger partial charge < -0.3 is 19.6 Å². The Bertz CT molecular complexity index is 7280. The first-order valence-electron chi connectivity index (χ1n) is 49.3. The van der Waals surface area contributed by atoms with Crippen LogP contribution in [0.15, 0.2) is 249 Å². The first-order chi connectivity index (χ1) is 62.5. The average Bonchev–Trinajstić information content (AvgIpc) is 1.36. The van der Waals surface area contributed by atoms with Gasteiger partial charge in [-0.25, -0.2) is 0 Å². The van der Waals surface area contributed by atoms with Gasteiger partial charge in [0.25, 0.3) is 13.4 Å². The van der Waals surface area contributed by atoms with Crippen molar-refractivity contribution in [2.24, 2.45) is 0 Å². The van der Waals surface area contributed by atoms with E-state index in [0.29, 0.717) is 0 Å². The van der Waals surface area contributed by atoms with E-state index in [9.17, 15) is 0 Å². The molecule has 0 saturated carbocycles. The van der Waals surface area contributed by atoms with Crippen molar-refractivity contribution in [3.63, 3.8) is 0 Å². The third kappa shape index (κ3) is 13.3. The number of hydrogen-bond acceptors (Lipinski definition) is 6. The molecule has 1 unspecified atom stereocenters. The summed E-state index contributed by atoms with van der Waals surface area (Å²) in [5.74, 6) is 0. The number of aryl methyl sites for hydroxylation is 2. The molecule has 4 nitrogen and oxygen atoms in total. The lowest BCUT2D eigenvalue weighted by Gasteiger charge is -2.47. The van der Waals surface area contributed by atoms with Gasteiger partial charge in [0.1, 0.15) is 0 Å². The number of anilines is 12. The summed E-state index contributed by atoms with van der Waals surface area (Å²) < 4.78 is 5.63. The van der Waals surface area contributed by atoms with Crippen LogP contribution in [0.1, 0.15) is 269 Å². The standard InChI is InChI=1S/C124H128B2N4S2/c1-74-57-103-109-105(59-74)129(111-89-65-91-97(122(19,20)54-49-117(91,9)10)71-107(89)131-113(111)125(109)99-67-93-95(120(15,16)52-50-118(93,11)12)69-101(99)127(103)85-45-41-83(42-46-85)115(3,4)5)87-36-30-35-80(62-87)79-39-37-76(38-40-79)73-124(23)56-55-123(21,22)92-66-90-108(72-98(92)124)132-114-112(90)130(88-63-81(77-31-26-24-27-32-77)61-82(64-88)78-33-28-25-29-34-78)106-60-75(2)58-104-110(106)126(114)100-68-94-96(121(17,18)53-51-119(94,13)14)70-102(100)128(104)86-47-43-84(44-48-86)116(6,7)8/h24-48,57-72H,49-56,73H2,1-23H3. The number of hydrogen-bond donors (Lipinski definition) is 0. The molecule has 8 aliphatic rings. The number of benzene rings is 13. The molecule has 15 aromatic rings. The monoisotopic (exact) mass is 1760 g/mol. The van der Waals surface area contributed by atoms with Crippen LogP contribution in [-0.4, -0.2) is 13.4 Å². The fraction of sp³-hybridized carbons (Fsp3) is 0.339. The van der Waals surface area contributed by atoms with Crippen molar-refractivity contribution in [1.29, 1.82) is 0 Å². The maximum atomic E-state index is 2.75. The van der Waals surface area contributed by atoms with Crippen molar-refractivity contribution in [2.45, 2.75) is 271 Å². The Morgan fingerprint density at radius 1 is 0.280 bits per heavy atom. The van der Waals surface area contributed by atoms with Crippen LogP contribution in [0.25, 0.3) is 53.6 Å². The third-order valence-electron chi connectivity index (χ3n) is 33.7. The molecule has 0 N–H and O–H groups in total. The molecule has 6 heterocycles.